The van der Waals surface area contributed by atoms with Gasteiger partial charge in [0.1, 0.15) is 4.90 Å². The summed E-state index contributed by atoms with van der Waals surface area (Å²) >= 11 is 0. The molecule has 1 saturated carbocycles. The SMILES string of the molecule is O=C(NCC1(c2ccccc2)CCC1)c1ccc(NC2=NS(=O)(=O)c3ccccc32)cc1. The third kappa shape index (κ3) is 3.69. The minimum absolute atomic E-state index is 0.0257. The van der Waals surface area contributed by atoms with E-state index < -0.39 is 10.0 Å². The number of nitrogens with zero attached hydrogens (tertiary/aromatic N) is 1. The van der Waals surface area contributed by atoms with Crippen molar-refractivity contribution in [2.24, 2.45) is 4.40 Å². The van der Waals surface area contributed by atoms with E-state index in [1.165, 1.54) is 12.0 Å². The second-order valence-electron chi connectivity index (χ2n) is 8.30. The van der Waals surface area contributed by atoms with Crippen LogP contribution in [0.4, 0.5) is 5.69 Å². The van der Waals surface area contributed by atoms with Crippen LogP contribution in [0.3, 0.4) is 0 Å². The molecule has 0 atom stereocenters. The van der Waals surface area contributed by atoms with Gasteiger partial charge in [-0.2, -0.15) is 8.42 Å². The van der Waals surface area contributed by atoms with Crippen LogP contribution in [-0.4, -0.2) is 26.7 Å². The van der Waals surface area contributed by atoms with E-state index in [0.29, 0.717) is 23.4 Å². The maximum Gasteiger partial charge on any atom is 0.285 e. The lowest BCUT2D eigenvalue weighted by Crippen LogP contribution is -2.45. The molecule has 1 fully saturated rings. The van der Waals surface area contributed by atoms with Crippen molar-refractivity contribution < 1.29 is 13.2 Å². The van der Waals surface area contributed by atoms with Crippen LogP contribution < -0.4 is 10.6 Å². The van der Waals surface area contributed by atoms with Crippen LogP contribution in [0.25, 0.3) is 0 Å². The Morgan fingerprint density at radius 3 is 2.28 bits per heavy atom. The normalized spacial score (nSPS) is 17.6. The fraction of sp³-hybridized carbons (Fsp3) is 0.200. The predicted octanol–water partition coefficient (Wildman–Crippen LogP) is 4.10. The van der Waals surface area contributed by atoms with E-state index >= 15 is 0 Å². The van der Waals surface area contributed by atoms with E-state index in [1.807, 2.05) is 18.2 Å². The Morgan fingerprint density at radius 1 is 0.906 bits per heavy atom. The molecule has 0 radical (unpaired) electrons. The highest BCUT2D eigenvalue weighted by molar-refractivity contribution is 7.90. The molecule has 1 aliphatic heterocycles. The molecular weight excluding hydrogens is 422 g/mol. The Morgan fingerprint density at radius 2 is 1.59 bits per heavy atom. The average Bonchev–Trinajstić information content (AvgIpc) is 3.04. The number of sulfonamides is 1. The quantitative estimate of drug-likeness (QED) is 0.619. The number of anilines is 1. The first kappa shape index (κ1) is 20.5. The third-order valence-electron chi connectivity index (χ3n) is 6.33. The molecule has 7 heteroatoms. The number of amidine groups is 1. The van der Waals surface area contributed by atoms with Gasteiger partial charge in [0, 0.05) is 28.8 Å². The number of fused-ring (bicyclic) bond motifs is 1. The second kappa shape index (κ2) is 7.91. The minimum Gasteiger partial charge on any atom is -0.351 e. The highest BCUT2D eigenvalue weighted by atomic mass is 32.2. The van der Waals surface area contributed by atoms with E-state index in [2.05, 4.69) is 27.2 Å². The van der Waals surface area contributed by atoms with Crippen molar-refractivity contribution in [1.29, 1.82) is 0 Å². The van der Waals surface area contributed by atoms with Crippen molar-refractivity contribution in [2.75, 3.05) is 11.9 Å². The molecule has 6 nitrogen and oxygen atoms in total. The summed E-state index contributed by atoms with van der Waals surface area (Å²) in [5.41, 5.74) is 3.06. The Labute approximate surface area is 187 Å². The van der Waals surface area contributed by atoms with Gasteiger partial charge in [0.2, 0.25) is 0 Å². The van der Waals surface area contributed by atoms with Gasteiger partial charge in [0.05, 0.1) is 0 Å². The van der Waals surface area contributed by atoms with Gasteiger partial charge in [-0.25, -0.2) is 0 Å². The molecule has 0 spiro atoms. The molecule has 1 amide bonds. The van der Waals surface area contributed by atoms with E-state index in [4.69, 9.17) is 0 Å². The molecular formula is C25H23N3O3S. The summed E-state index contributed by atoms with van der Waals surface area (Å²) in [5.74, 6) is 0.164. The number of hydrogen-bond acceptors (Lipinski definition) is 4. The molecule has 0 unspecified atom stereocenters. The largest absolute Gasteiger partial charge is 0.351 e. The van der Waals surface area contributed by atoms with Crippen molar-refractivity contribution in [1.82, 2.24) is 5.32 Å². The maximum absolute atomic E-state index is 12.7. The minimum atomic E-state index is -3.68. The van der Waals surface area contributed by atoms with Crippen LogP contribution >= 0.6 is 0 Å². The zero-order valence-corrected chi connectivity index (χ0v) is 18.2. The topological polar surface area (TPSA) is 87.6 Å². The van der Waals surface area contributed by atoms with Crippen molar-refractivity contribution in [2.45, 2.75) is 29.6 Å². The lowest BCUT2D eigenvalue weighted by atomic mass is 9.64. The Hall–Kier alpha value is -3.45. The first-order valence-electron chi connectivity index (χ1n) is 10.6. The number of rotatable bonds is 5. The fourth-order valence-corrected chi connectivity index (χ4v) is 5.53. The van der Waals surface area contributed by atoms with Gasteiger partial charge >= 0.3 is 0 Å². The summed E-state index contributed by atoms with van der Waals surface area (Å²) < 4.78 is 28.2. The molecule has 3 aromatic carbocycles. The van der Waals surface area contributed by atoms with Crippen LogP contribution in [0.1, 0.15) is 40.7 Å². The number of amides is 1. The molecule has 162 valence electrons. The Kier molecular flexibility index (Phi) is 5.06. The van der Waals surface area contributed by atoms with Gasteiger partial charge in [-0.05, 0) is 54.8 Å². The molecule has 0 aromatic heterocycles. The number of carbonyl (C=O) groups excluding carboxylic acids is 1. The molecule has 32 heavy (non-hydrogen) atoms. The van der Waals surface area contributed by atoms with Crippen molar-refractivity contribution in [3.63, 3.8) is 0 Å². The summed E-state index contributed by atoms with van der Waals surface area (Å²) in [6.45, 7) is 0.612. The molecule has 1 heterocycles. The van der Waals surface area contributed by atoms with Gasteiger partial charge < -0.3 is 10.6 Å². The first-order valence-corrected chi connectivity index (χ1v) is 12.1. The monoisotopic (exact) mass is 445 g/mol. The van der Waals surface area contributed by atoms with Gasteiger partial charge in [0.15, 0.2) is 5.84 Å². The standard InChI is InChI=1S/C25H23N3O3S/c29-24(26-17-25(15-6-16-25)19-7-2-1-3-8-19)18-11-13-20(14-12-18)27-23-21-9-4-5-10-22(21)32(30,31)28-23/h1-5,7-14H,6,15-17H2,(H,26,29)(H,27,28). The van der Waals surface area contributed by atoms with Gasteiger partial charge in [-0.1, -0.05) is 48.9 Å². The number of nitrogens with one attached hydrogen (secondary N) is 2. The summed E-state index contributed by atoms with van der Waals surface area (Å²) in [7, 11) is -3.68. The average molecular weight is 446 g/mol. The van der Waals surface area contributed by atoms with Crippen LogP contribution in [0, 0.1) is 0 Å². The van der Waals surface area contributed by atoms with Crippen LogP contribution in [0.15, 0.2) is 88.2 Å². The van der Waals surface area contributed by atoms with E-state index in [9.17, 15) is 13.2 Å². The lowest BCUT2D eigenvalue weighted by molar-refractivity contribution is 0.0928. The zero-order valence-electron chi connectivity index (χ0n) is 17.4. The molecule has 3 aromatic rings. The second-order valence-corrected chi connectivity index (χ2v) is 9.87. The van der Waals surface area contributed by atoms with Gasteiger partial charge in [-0.3, -0.25) is 4.79 Å². The molecule has 0 saturated heterocycles. The molecule has 2 N–H and O–H groups in total. The van der Waals surface area contributed by atoms with Crippen molar-refractivity contribution in [3.05, 3.63) is 95.6 Å². The van der Waals surface area contributed by atoms with E-state index in [0.717, 1.165) is 12.8 Å². The summed E-state index contributed by atoms with van der Waals surface area (Å²) in [6.07, 6.45) is 3.33. The van der Waals surface area contributed by atoms with Gasteiger partial charge in [0.25, 0.3) is 15.9 Å². The maximum atomic E-state index is 12.7. The lowest BCUT2D eigenvalue weighted by Gasteiger charge is -2.42. The Balaban J connectivity index is 1.26. The summed E-state index contributed by atoms with van der Waals surface area (Å²) in [6, 6.07) is 24.0. The summed E-state index contributed by atoms with van der Waals surface area (Å²) in [4.78, 5) is 12.9. The number of benzene rings is 3. The highest BCUT2D eigenvalue weighted by Gasteiger charge is 2.38. The smallest absolute Gasteiger partial charge is 0.285 e. The van der Waals surface area contributed by atoms with Crippen molar-refractivity contribution >= 4 is 27.5 Å². The Bertz CT molecular complexity index is 1300. The molecule has 2 aliphatic rings. The summed E-state index contributed by atoms with van der Waals surface area (Å²) in [5, 5.41) is 6.15. The predicted molar refractivity (Wildman–Crippen MR) is 125 cm³/mol. The molecule has 5 rings (SSSR count). The van der Waals surface area contributed by atoms with E-state index in [1.54, 1.807) is 48.5 Å². The zero-order chi connectivity index (χ0) is 22.2. The molecule has 0 bridgehead atoms. The fourth-order valence-electron chi connectivity index (χ4n) is 4.35. The highest BCUT2D eigenvalue weighted by Crippen LogP contribution is 2.43. The van der Waals surface area contributed by atoms with Crippen LogP contribution in [0.5, 0.6) is 0 Å². The van der Waals surface area contributed by atoms with Gasteiger partial charge in [-0.15, -0.1) is 4.40 Å². The van der Waals surface area contributed by atoms with E-state index in [-0.39, 0.29) is 22.1 Å². The molecule has 1 aliphatic carbocycles. The third-order valence-corrected chi connectivity index (χ3v) is 7.66. The van der Waals surface area contributed by atoms with Crippen molar-refractivity contribution in [3.8, 4) is 0 Å². The van der Waals surface area contributed by atoms with Crippen LogP contribution in [-0.2, 0) is 15.4 Å². The number of carbonyl (C=O) groups is 1. The van der Waals surface area contributed by atoms with Crippen LogP contribution in [0.2, 0.25) is 0 Å². The first-order chi connectivity index (χ1) is 15.5. The number of hydrogen-bond donors (Lipinski definition) is 2.